The van der Waals surface area contributed by atoms with Crippen LogP contribution in [0, 0.1) is 5.92 Å². The summed E-state index contributed by atoms with van der Waals surface area (Å²) in [6.07, 6.45) is -1.73. The van der Waals surface area contributed by atoms with Crippen LogP contribution >= 0.6 is 0 Å². The van der Waals surface area contributed by atoms with Crippen LogP contribution in [0.4, 0.5) is 0 Å². The molecule has 0 saturated carbocycles. The molecule has 1 aliphatic heterocycles. The Labute approximate surface area is 121 Å². The van der Waals surface area contributed by atoms with Gasteiger partial charge in [0.05, 0.1) is 13.5 Å². The van der Waals surface area contributed by atoms with Crippen LogP contribution in [0.15, 0.2) is 30.3 Å². The van der Waals surface area contributed by atoms with Crippen molar-refractivity contribution in [3.05, 3.63) is 35.9 Å². The Hall–Kier alpha value is -2.50. The number of hydrogen-bond acceptors (Lipinski definition) is 6. The molecular weight excluding hydrogens is 276 g/mol. The highest BCUT2D eigenvalue weighted by Gasteiger charge is 2.45. The van der Waals surface area contributed by atoms with E-state index in [9.17, 15) is 19.2 Å². The number of hydrogen-bond donors (Lipinski definition) is 0. The van der Waals surface area contributed by atoms with Crippen molar-refractivity contribution in [3.63, 3.8) is 0 Å². The Bertz CT molecular complexity index is 577. The normalized spacial score (nSPS) is 21.0. The molecule has 0 radical (unpaired) electrons. The standard InChI is InChI=1S/C15H14O6/c1-20-13(17)8-12-14(18)10(15(19)21-12)7-11(16)9-5-3-2-4-6-9/h2-6,10,12H,7-8H2,1H3. The summed E-state index contributed by atoms with van der Waals surface area (Å²) in [6.45, 7) is 0. The van der Waals surface area contributed by atoms with Gasteiger partial charge in [0.1, 0.15) is 5.92 Å². The van der Waals surface area contributed by atoms with Gasteiger partial charge in [-0.2, -0.15) is 0 Å². The molecule has 6 nitrogen and oxygen atoms in total. The molecule has 1 heterocycles. The van der Waals surface area contributed by atoms with E-state index in [1.54, 1.807) is 30.3 Å². The first kappa shape index (κ1) is 14.9. The summed E-state index contributed by atoms with van der Waals surface area (Å²) in [7, 11) is 1.18. The van der Waals surface area contributed by atoms with E-state index in [1.165, 1.54) is 7.11 Å². The van der Waals surface area contributed by atoms with Gasteiger partial charge in [0, 0.05) is 12.0 Å². The molecule has 0 N–H and O–H groups in total. The summed E-state index contributed by atoms with van der Waals surface area (Å²) in [5.41, 5.74) is 0.425. The van der Waals surface area contributed by atoms with Gasteiger partial charge in [-0.3, -0.25) is 19.2 Å². The van der Waals surface area contributed by atoms with E-state index >= 15 is 0 Å². The zero-order valence-corrected chi connectivity index (χ0v) is 11.4. The SMILES string of the molecule is COC(=O)CC1OC(=O)C(CC(=O)c2ccccc2)C1=O. The first-order valence-electron chi connectivity index (χ1n) is 6.42. The first-order valence-corrected chi connectivity index (χ1v) is 6.42. The van der Waals surface area contributed by atoms with Gasteiger partial charge in [-0.1, -0.05) is 30.3 Å². The molecular formula is C15H14O6. The zero-order valence-electron chi connectivity index (χ0n) is 11.4. The van der Waals surface area contributed by atoms with E-state index in [4.69, 9.17) is 4.74 Å². The van der Waals surface area contributed by atoms with Gasteiger partial charge >= 0.3 is 11.9 Å². The summed E-state index contributed by atoms with van der Waals surface area (Å²) in [5.74, 6) is -3.42. The number of methoxy groups -OCH3 is 1. The van der Waals surface area contributed by atoms with E-state index in [1.807, 2.05) is 0 Å². The van der Waals surface area contributed by atoms with Crippen molar-refractivity contribution in [2.75, 3.05) is 7.11 Å². The quantitative estimate of drug-likeness (QED) is 0.455. The molecule has 1 aromatic carbocycles. The van der Waals surface area contributed by atoms with Crippen molar-refractivity contribution >= 4 is 23.5 Å². The van der Waals surface area contributed by atoms with E-state index in [0.717, 1.165) is 0 Å². The van der Waals surface area contributed by atoms with Crippen LogP contribution in [-0.4, -0.2) is 36.7 Å². The van der Waals surface area contributed by atoms with Crippen molar-refractivity contribution in [2.24, 2.45) is 5.92 Å². The third-order valence-corrected chi connectivity index (χ3v) is 3.27. The lowest BCUT2D eigenvalue weighted by Gasteiger charge is -2.05. The van der Waals surface area contributed by atoms with Crippen LogP contribution in [0.25, 0.3) is 0 Å². The molecule has 1 fully saturated rings. The van der Waals surface area contributed by atoms with Crippen LogP contribution < -0.4 is 0 Å². The van der Waals surface area contributed by atoms with Gasteiger partial charge in [-0.25, -0.2) is 0 Å². The number of carbonyl (C=O) groups is 4. The number of ketones is 2. The fraction of sp³-hybridized carbons (Fsp3) is 0.333. The van der Waals surface area contributed by atoms with Gasteiger partial charge < -0.3 is 9.47 Å². The lowest BCUT2D eigenvalue weighted by Crippen LogP contribution is -2.25. The van der Waals surface area contributed by atoms with E-state index in [-0.39, 0.29) is 18.6 Å². The maximum atomic E-state index is 12.0. The maximum absolute atomic E-state index is 12.0. The fourth-order valence-electron chi connectivity index (χ4n) is 2.11. The Balaban J connectivity index is 2.04. The van der Waals surface area contributed by atoms with Crippen molar-refractivity contribution in [1.82, 2.24) is 0 Å². The van der Waals surface area contributed by atoms with Crippen LogP contribution in [0.3, 0.4) is 0 Å². The molecule has 0 bridgehead atoms. The molecule has 110 valence electrons. The average molecular weight is 290 g/mol. The Kier molecular flexibility index (Phi) is 4.47. The zero-order chi connectivity index (χ0) is 15.4. The third-order valence-electron chi connectivity index (χ3n) is 3.27. The van der Waals surface area contributed by atoms with Gasteiger partial charge in [-0.05, 0) is 0 Å². The van der Waals surface area contributed by atoms with Gasteiger partial charge in [0.2, 0.25) is 0 Å². The highest BCUT2D eigenvalue weighted by Crippen LogP contribution is 2.24. The molecule has 0 aliphatic carbocycles. The van der Waals surface area contributed by atoms with Crippen LogP contribution in [0.1, 0.15) is 23.2 Å². The summed E-state index contributed by atoms with van der Waals surface area (Å²) < 4.78 is 9.29. The number of cyclic esters (lactones) is 1. The maximum Gasteiger partial charge on any atom is 0.317 e. The number of Topliss-reactive ketones (excluding diaryl/α,β-unsaturated/α-hetero) is 2. The highest BCUT2D eigenvalue weighted by atomic mass is 16.6. The minimum atomic E-state index is -1.15. The summed E-state index contributed by atoms with van der Waals surface area (Å²) in [4.78, 5) is 46.9. The molecule has 0 spiro atoms. The molecule has 6 heteroatoms. The molecule has 0 aromatic heterocycles. The van der Waals surface area contributed by atoms with Gasteiger partial charge in [0.25, 0.3) is 0 Å². The fourth-order valence-corrected chi connectivity index (χ4v) is 2.11. The number of carbonyl (C=O) groups excluding carboxylic acids is 4. The Morgan fingerprint density at radius 2 is 1.81 bits per heavy atom. The van der Waals surface area contributed by atoms with E-state index in [0.29, 0.717) is 5.56 Å². The molecule has 1 aromatic rings. The number of benzene rings is 1. The van der Waals surface area contributed by atoms with E-state index in [2.05, 4.69) is 4.74 Å². The molecule has 1 saturated heterocycles. The van der Waals surface area contributed by atoms with Crippen molar-refractivity contribution in [3.8, 4) is 0 Å². The second-order valence-electron chi connectivity index (χ2n) is 4.65. The summed E-state index contributed by atoms with van der Waals surface area (Å²) in [5, 5.41) is 0. The second-order valence-corrected chi connectivity index (χ2v) is 4.65. The van der Waals surface area contributed by atoms with Crippen LogP contribution in [0.5, 0.6) is 0 Å². The van der Waals surface area contributed by atoms with Crippen LogP contribution in [0.2, 0.25) is 0 Å². The molecule has 1 aliphatic rings. The topological polar surface area (TPSA) is 86.7 Å². The predicted octanol–water partition coefficient (Wildman–Crippen LogP) is 0.933. The summed E-state index contributed by atoms with van der Waals surface area (Å²) >= 11 is 0. The smallest absolute Gasteiger partial charge is 0.317 e. The van der Waals surface area contributed by atoms with Crippen LogP contribution in [-0.2, 0) is 23.9 Å². The highest BCUT2D eigenvalue weighted by molar-refractivity contribution is 6.11. The molecule has 2 rings (SSSR count). The lowest BCUT2D eigenvalue weighted by atomic mass is 9.93. The molecule has 21 heavy (non-hydrogen) atoms. The lowest BCUT2D eigenvalue weighted by molar-refractivity contribution is -0.150. The van der Waals surface area contributed by atoms with E-state index < -0.39 is 29.7 Å². The van der Waals surface area contributed by atoms with Crippen molar-refractivity contribution in [2.45, 2.75) is 18.9 Å². The first-order chi connectivity index (χ1) is 10.0. The second kappa shape index (κ2) is 6.30. The minimum Gasteiger partial charge on any atom is -0.469 e. The largest absolute Gasteiger partial charge is 0.469 e. The number of ether oxygens (including phenoxy) is 2. The number of esters is 2. The average Bonchev–Trinajstić information content (AvgIpc) is 2.75. The van der Waals surface area contributed by atoms with Gasteiger partial charge in [-0.15, -0.1) is 0 Å². The van der Waals surface area contributed by atoms with Crippen molar-refractivity contribution < 1.29 is 28.7 Å². The summed E-state index contributed by atoms with van der Waals surface area (Å²) in [6, 6.07) is 8.38. The molecule has 0 amide bonds. The third kappa shape index (κ3) is 3.34. The predicted molar refractivity (Wildman–Crippen MR) is 70.4 cm³/mol. The van der Waals surface area contributed by atoms with Gasteiger partial charge in [0.15, 0.2) is 17.7 Å². The monoisotopic (exact) mass is 290 g/mol. The Morgan fingerprint density at radius 1 is 1.14 bits per heavy atom. The molecule has 2 atom stereocenters. The number of rotatable bonds is 5. The minimum absolute atomic E-state index is 0.251. The molecule has 2 unspecified atom stereocenters. The Morgan fingerprint density at radius 3 is 2.43 bits per heavy atom. The van der Waals surface area contributed by atoms with Crippen molar-refractivity contribution in [1.29, 1.82) is 0 Å².